The third-order valence-electron chi connectivity index (χ3n) is 12.5. The molecule has 4 unspecified atom stereocenters. The van der Waals surface area contributed by atoms with Crippen molar-refractivity contribution in [3.8, 4) is 0 Å². The van der Waals surface area contributed by atoms with Gasteiger partial charge in [0.25, 0.3) is 0 Å². The van der Waals surface area contributed by atoms with Crippen molar-refractivity contribution in [1.82, 2.24) is 10.2 Å². The number of methoxy groups -OCH3 is 1. The summed E-state index contributed by atoms with van der Waals surface area (Å²) in [6, 6.07) is 0.534. The van der Waals surface area contributed by atoms with Crippen molar-refractivity contribution >= 4 is 5.97 Å². The van der Waals surface area contributed by atoms with Gasteiger partial charge in [0, 0.05) is 12.5 Å². The second-order valence-corrected chi connectivity index (χ2v) is 14.4. The quantitative estimate of drug-likeness (QED) is 0.217. The predicted molar refractivity (Wildman–Crippen MR) is 156 cm³/mol. The number of carbonyl (C=O) groups excluding carboxylic acids is 1. The van der Waals surface area contributed by atoms with Crippen molar-refractivity contribution in [3.63, 3.8) is 0 Å². The SMILES string of the molecule is COC(=O)CC[C@@H](C)C1CCC2C3C(C[C@H](O)[C@@]21C)[C@@]1(C)CC[C@H](NCCCN(C)CCCN)C[C@H]1C[C@H]3O. The van der Waals surface area contributed by atoms with Crippen LogP contribution in [-0.2, 0) is 9.53 Å². The first-order valence-electron chi connectivity index (χ1n) is 16.1. The van der Waals surface area contributed by atoms with Crippen LogP contribution in [0.4, 0.5) is 0 Å². The number of carbonyl (C=O) groups is 1. The smallest absolute Gasteiger partial charge is 0.305 e. The van der Waals surface area contributed by atoms with Gasteiger partial charge in [0.2, 0.25) is 0 Å². The Morgan fingerprint density at radius 1 is 1.10 bits per heavy atom. The molecule has 0 aromatic carbocycles. The first-order valence-corrected chi connectivity index (χ1v) is 16.1. The van der Waals surface area contributed by atoms with E-state index in [0.717, 1.165) is 77.5 Å². The molecule has 4 aliphatic carbocycles. The predicted octanol–water partition coefficient (Wildman–Crippen LogP) is 3.81. The van der Waals surface area contributed by atoms with Crippen LogP contribution in [0.2, 0.25) is 0 Å². The summed E-state index contributed by atoms with van der Waals surface area (Å²) in [7, 11) is 3.64. The third kappa shape index (κ3) is 6.23. The molecule has 226 valence electrons. The highest BCUT2D eigenvalue weighted by molar-refractivity contribution is 5.69. The molecule has 7 nitrogen and oxygen atoms in total. The molecule has 0 aromatic heterocycles. The number of esters is 1. The summed E-state index contributed by atoms with van der Waals surface area (Å²) in [4.78, 5) is 14.2. The van der Waals surface area contributed by atoms with Gasteiger partial charge in [-0.1, -0.05) is 20.8 Å². The van der Waals surface area contributed by atoms with E-state index in [1.807, 2.05) is 0 Å². The molecule has 0 radical (unpaired) electrons. The zero-order valence-electron chi connectivity index (χ0n) is 25.5. The van der Waals surface area contributed by atoms with E-state index < -0.39 is 0 Å². The summed E-state index contributed by atoms with van der Waals surface area (Å²) in [6.45, 7) is 11.0. The van der Waals surface area contributed by atoms with Crippen molar-refractivity contribution in [2.24, 2.45) is 52.1 Å². The highest BCUT2D eigenvalue weighted by Crippen LogP contribution is 2.68. The molecule has 0 bridgehead atoms. The molecule has 7 heteroatoms. The first-order chi connectivity index (χ1) is 18.6. The minimum absolute atomic E-state index is 0.146. The second-order valence-electron chi connectivity index (χ2n) is 14.4. The van der Waals surface area contributed by atoms with E-state index in [1.54, 1.807) is 0 Å². The molecular formula is C32H59N3O4. The number of rotatable bonds is 12. The molecule has 39 heavy (non-hydrogen) atoms. The molecule has 5 N–H and O–H groups in total. The van der Waals surface area contributed by atoms with E-state index in [-0.39, 0.29) is 34.9 Å². The normalized spacial score (nSPS) is 42.5. The average Bonchev–Trinajstić information content (AvgIpc) is 3.27. The highest BCUT2D eigenvalue weighted by Gasteiger charge is 2.65. The first kappa shape index (κ1) is 31.2. The Morgan fingerprint density at radius 2 is 1.85 bits per heavy atom. The Hall–Kier alpha value is -0.730. The lowest BCUT2D eigenvalue weighted by atomic mass is 9.43. The molecule has 0 saturated heterocycles. The molecule has 4 saturated carbocycles. The average molecular weight is 550 g/mol. The van der Waals surface area contributed by atoms with Crippen LogP contribution in [0.25, 0.3) is 0 Å². The van der Waals surface area contributed by atoms with Gasteiger partial charge < -0.3 is 30.9 Å². The van der Waals surface area contributed by atoms with Crippen LogP contribution in [-0.4, -0.2) is 79.7 Å². The van der Waals surface area contributed by atoms with Crippen LogP contribution < -0.4 is 11.1 Å². The monoisotopic (exact) mass is 549 g/mol. The number of nitrogens with zero attached hydrogens (tertiary/aromatic N) is 1. The lowest BCUT2D eigenvalue weighted by Gasteiger charge is -2.63. The number of hydrogen-bond acceptors (Lipinski definition) is 7. The van der Waals surface area contributed by atoms with Gasteiger partial charge in [-0.15, -0.1) is 0 Å². The standard InChI is InChI=1S/C32H59N3O4/c1-21(8-11-29(38)39-5)24-9-10-25-30-26(20-28(37)32(24,25)3)31(2)13-12-23(18-22(31)19-27(30)36)34-15-7-17-35(4)16-6-14-33/h21-28,30,34,36-37H,6-20,33H2,1-5H3/t21-,22+,23+,24?,25?,26?,27-,28+,30?,31+,32-/m1/s1. The number of ether oxygens (including phenoxy) is 1. The van der Waals surface area contributed by atoms with Crippen molar-refractivity contribution in [2.45, 2.75) is 110 Å². The van der Waals surface area contributed by atoms with Gasteiger partial charge in [0.05, 0.1) is 19.3 Å². The van der Waals surface area contributed by atoms with Crippen LogP contribution in [0.1, 0.15) is 91.4 Å². The molecule has 0 spiro atoms. The lowest BCUT2D eigenvalue weighted by molar-refractivity contribution is -0.202. The summed E-state index contributed by atoms with van der Waals surface area (Å²) in [6.07, 6.45) is 10.3. The van der Waals surface area contributed by atoms with E-state index in [9.17, 15) is 15.0 Å². The Labute approximate surface area is 238 Å². The third-order valence-corrected chi connectivity index (χ3v) is 12.5. The fourth-order valence-corrected chi connectivity index (χ4v) is 10.1. The molecule has 0 heterocycles. The van der Waals surface area contributed by atoms with Crippen molar-refractivity contribution in [1.29, 1.82) is 0 Å². The van der Waals surface area contributed by atoms with Crippen LogP contribution in [0.5, 0.6) is 0 Å². The Morgan fingerprint density at radius 3 is 2.56 bits per heavy atom. The fourth-order valence-electron chi connectivity index (χ4n) is 10.1. The molecule has 11 atom stereocenters. The summed E-state index contributed by atoms with van der Waals surface area (Å²) in [5, 5.41) is 27.4. The van der Waals surface area contributed by atoms with Gasteiger partial charge >= 0.3 is 5.97 Å². The molecule has 0 aromatic rings. The van der Waals surface area contributed by atoms with Crippen LogP contribution in [0.3, 0.4) is 0 Å². The van der Waals surface area contributed by atoms with Gasteiger partial charge in [-0.3, -0.25) is 4.79 Å². The van der Waals surface area contributed by atoms with Gasteiger partial charge in [-0.2, -0.15) is 0 Å². The largest absolute Gasteiger partial charge is 0.469 e. The molecule has 4 aliphatic rings. The number of nitrogens with one attached hydrogen (secondary N) is 1. The van der Waals surface area contributed by atoms with E-state index in [2.05, 4.69) is 38.0 Å². The van der Waals surface area contributed by atoms with E-state index >= 15 is 0 Å². The molecule has 4 fully saturated rings. The minimum Gasteiger partial charge on any atom is -0.469 e. The zero-order valence-corrected chi connectivity index (χ0v) is 25.5. The lowest BCUT2D eigenvalue weighted by Crippen LogP contribution is -2.62. The van der Waals surface area contributed by atoms with Crippen LogP contribution in [0, 0.1) is 46.3 Å². The van der Waals surface area contributed by atoms with Crippen molar-refractivity contribution in [3.05, 3.63) is 0 Å². The minimum atomic E-state index is -0.341. The summed E-state index contributed by atoms with van der Waals surface area (Å²) < 4.78 is 4.89. The van der Waals surface area contributed by atoms with E-state index in [4.69, 9.17) is 10.5 Å². The van der Waals surface area contributed by atoms with Gasteiger partial charge in [0.15, 0.2) is 0 Å². The molecule has 4 rings (SSSR count). The van der Waals surface area contributed by atoms with Crippen LogP contribution in [0.15, 0.2) is 0 Å². The second kappa shape index (κ2) is 13.1. The van der Waals surface area contributed by atoms with Crippen molar-refractivity contribution < 1.29 is 19.7 Å². The molecular weight excluding hydrogens is 490 g/mol. The molecule has 0 amide bonds. The Balaban J connectivity index is 1.37. The summed E-state index contributed by atoms with van der Waals surface area (Å²) in [5.41, 5.74) is 5.65. The van der Waals surface area contributed by atoms with E-state index in [0.29, 0.717) is 42.1 Å². The summed E-state index contributed by atoms with van der Waals surface area (Å²) in [5.74, 6) is 2.14. The van der Waals surface area contributed by atoms with Gasteiger partial charge in [0.1, 0.15) is 0 Å². The maximum Gasteiger partial charge on any atom is 0.305 e. The fraction of sp³-hybridized carbons (Fsp3) is 0.969. The number of aliphatic hydroxyl groups is 2. The van der Waals surface area contributed by atoms with Crippen molar-refractivity contribution in [2.75, 3.05) is 40.3 Å². The van der Waals surface area contributed by atoms with Crippen LogP contribution >= 0.6 is 0 Å². The van der Waals surface area contributed by atoms with E-state index in [1.165, 1.54) is 20.0 Å². The number of aliphatic hydroxyl groups excluding tert-OH is 2. The maximum absolute atomic E-state index is 11.8. The topological polar surface area (TPSA) is 108 Å². The maximum atomic E-state index is 11.8. The van der Waals surface area contributed by atoms with Gasteiger partial charge in [-0.25, -0.2) is 0 Å². The number of hydrogen-bond donors (Lipinski definition) is 4. The number of nitrogens with two attached hydrogens (primary N) is 1. The number of fused-ring (bicyclic) bond motifs is 5. The zero-order chi connectivity index (χ0) is 28.4. The Bertz CT molecular complexity index is 812. The Kier molecular flexibility index (Phi) is 10.5. The van der Waals surface area contributed by atoms with Gasteiger partial charge in [-0.05, 0) is 144 Å². The molecule has 0 aliphatic heterocycles. The summed E-state index contributed by atoms with van der Waals surface area (Å²) >= 11 is 0. The highest BCUT2D eigenvalue weighted by atomic mass is 16.5.